The van der Waals surface area contributed by atoms with E-state index in [2.05, 4.69) is 24.9 Å². The number of oxazole rings is 1. The summed E-state index contributed by atoms with van der Waals surface area (Å²) < 4.78 is 5.33. The summed E-state index contributed by atoms with van der Waals surface area (Å²) in [6.45, 7) is 4.60. The second-order valence-electron chi connectivity index (χ2n) is 3.20. The lowest BCUT2D eigenvalue weighted by atomic mass is 10.3. The molecule has 2 aromatic heterocycles. The first kappa shape index (κ1) is 9.43. The maximum Gasteiger partial charge on any atom is 0.236 e. The summed E-state index contributed by atoms with van der Waals surface area (Å²) in [5.41, 5.74) is 7.53. The lowest BCUT2D eigenvalue weighted by molar-refractivity contribution is 0.574. The Morgan fingerprint density at radius 2 is 2.29 bits per heavy atom. The maximum atomic E-state index is 5.46. The zero-order chi connectivity index (χ0) is 10.1. The van der Waals surface area contributed by atoms with E-state index in [1.807, 2.05) is 0 Å². The van der Waals surface area contributed by atoms with Crippen LogP contribution in [0.4, 0.5) is 0 Å². The van der Waals surface area contributed by atoms with Gasteiger partial charge in [0.2, 0.25) is 5.89 Å². The third-order valence-electron chi connectivity index (χ3n) is 2.14. The van der Waals surface area contributed by atoms with Crippen LogP contribution in [0.3, 0.4) is 0 Å². The lowest BCUT2D eigenvalue weighted by Crippen LogP contribution is -1.95. The third-order valence-corrected chi connectivity index (χ3v) is 3.28. The average molecular weight is 208 g/mol. The molecule has 4 heteroatoms. The second kappa shape index (κ2) is 3.55. The highest BCUT2D eigenvalue weighted by molar-refractivity contribution is 7.15. The molecule has 0 bridgehead atoms. The number of thiophene rings is 1. The highest BCUT2D eigenvalue weighted by Gasteiger charge is 2.09. The highest BCUT2D eigenvalue weighted by atomic mass is 32.1. The number of hydrogen-bond acceptors (Lipinski definition) is 4. The normalized spacial score (nSPS) is 10.8. The van der Waals surface area contributed by atoms with Gasteiger partial charge in [-0.15, -0.1) is 11.3 Å². The highest BCUT2D eigenvalue weighted by Crippen LogP contribution is 2.29. The Morgan fingerprint density at radius 1 is 1.50 bits per heavy atom. The monoisotopic (exact) mass is 208 g/mol. The maximum absolute atomic E-state index is 5.46. The van der Waals surface area contributed by atoms with Crippen molar-refractivity contribution in [1.82, 2.24) is 4.98 Å². The summed E-state index contributed by atoms with van der Waals surface area (Å²) in [5.74, 6) is 0.673. The molecule has 74 valence electrons. The van der Waals surface area contributed by atoms with E-state index in [1.54, 1.807) is 17.6 Å². The molecule has 0 saturated carbocycles. The minimum absolute atomic E-state index is 0.423. The van der Waals surface area contributed by atoms with E-state index in [9.17, 15) is 0 Å². The second-order valence-corrected chi connectivity index (χ2v) is 4.45. The Morgan fingerprint density at radius 3 is 2.79 bits per heavy atom. The van der Waals surface area contributed by atoms with Crippen LogP contribution in [0.5, 0.6) is 0 Å². The zero-order valence-corrected chi connectivity index (χ0v) is 9.02. The fourth-order valence-electron chi connectivity index (χ4n) is 1.19. The SMILES string of the molecule is Cc1cc(-c2nc(CN)co2)sc1C. The van der Waals surface area contributed by atoms with Crippen LogP contribution in [0.1, 0.15) is 16.1 Å². The number of nitrogens with zero attached hydrogens (tertiary/aromatic N) is 1. The van der Waals surface area contributed by atoms with Gasteiger partial charge in [0, 0.05) is 11.4 Å². The Hall–Kier alpha value is -1.13. The number of rotatable bonds is 2. The fraction of sp³-hybridized carbons (Fsp3) is 0.300. The van der Waals surface area contributed by atoms with Crippen molar-refractivity contribution in [2.24, 2.45) is 5.73 Å². The molecule has 0 aliphatic heterocycles. The van der Waals surface area contributed by atoms with Gasteiger partial charge in [-0.3, -0.25) is 0 Å². The number of aromatic nitrogens is 1. The van der Waals surface area contributed by atoms with Crippen molar-refractivity contribution in [2.45, 2.75) is 20.4 Å². The number of aryl methyl sites for hydroxylation is 2. The van der Waals surface area contributed by atoms with Crippen LogP contribution in [0.25, 0.3) is 10.8 Å². The Bertz CT molecular complexity index is 425. The topological polar surface area (TPSA) is 52.0 Å². The van der Waals surface area contributed by atoms with Crippen molar-refractivity contribution >= 4 is 11.3 Å². The van der Waals surface area contributed by atoms with Crippen LogP contribution < -0.4 is 5.73 Å². The summed E-state index contributed by atoms with van der Waals surface area (Å²) in [5, 5.41) is 0. The minimum atomic E-state index is 0.423. The fourth-order valence-corrected chi connectivity index (χ4v) is 2.16. The van der Waals surface area contributed by atoms with Crippen molar-refractivity contribution in [3.8, 4) is 10.8 Å². The van der Waals surface area contributed by atoms with Crippen LogP contribution in [-0.2, 0) is 6.54 Å². The average Bonchev–Trinajstić information content (AvgIpc) is 2.74. The van der Waals surface area contributed by atoms with Crippen LogP contribution in [0, 0.1) is 13.8 Å². The molecule has 0 aliphatic carbocycles. The predicted molar refractivity (Wildman–Crippen MR) is 57.2 cm³/mol. The van der Waals surface area contributed by atoms with Crippen LogP contribution in [0.2, 0.25) is 0 Å². The molecular weight excluding hydrogens is 196 g/mol. The summed E-state index contributed by atoms with van der Waals surface area (Å²) >= 11 is 1.69. The van der Waals surface area contributed by atoms with Gasteiger partial charge in [-0.1, -0.05) is 0 Å². The Kier molecular flexibility index (Phi) is 2.39. The first-order valence-electron chi connectivity index (χ1n) is 4.42. The predicted octanol–water partition coefficient (Wildman–Crippen LogP) is 2.48. The smallest absolute Gasteiger partial charge is 0.236 e. The molecule has 14 heavy (non-hydrogen) atoms. The molecule has 0 atom stereocenters. The largest absolute Gasteiger partial charge is 0.444 e. The summed E-state index contributed by atoms with van der Waals surface area (Å²) in [7, 11) is 0. The molecule has 2 rings (SSSR count). The molecule has 3 nitrogen and oxygen atoms in total. The van der Waals surface area contributed by atoms with E-state index in [4.69, 9.17) is 10.2 Å². The molecule has 0 radical (unpaired) electrons. The van der Waals surface area contributed by atoms with E-state index < -0.39 is 0 Å². The third kappa shape index (κ3) is 1.58. The van der Waals surface area contributed by atoms with E-state index in [1.165, 1.54) is 10.4 Å². The van der Waals surface area contributed by atoms with Crippen LogP contribution >= 0.6 is 11.3 Å². The lowest BCUT2D eigenvalue weighted by Gasteiger charge is -1.85. The molecular formula is C10H12N2OS. The Labute approximate surface area is 86.6 Å². The van der Waals surface area contributed by atoms with Gasteiger partial charge in [0.15, 0.2) is 0 Å². The van der Waals surface area contributed by atoms with Gasteiger partial charge in [0.1, 0.15) is 6.26 Å². The van der Waals surface area contributed by atoms with Crippen molar-refractivity contribution < 1.29 is 4.42 Å². The van der Waals surface area contributed by atoms with Gasteiger partial charge < -0.3 is 10.2 Å². The van der Waals surface area contributed by atoms with Crippen molar-refractivity contribution in [1.29, 1.82) is 0 Å². The van der Waals surface area contributed by atoms with Gasteiger partial charge in [-0.2, -0.15) is 0 Å². The van der Waals surface area contributed by atoms with Gasteiger partial charge in [-0.25, -0.2) is 4.98 Å². The first-order chi connectivity index (χ1) is 6.70. The van der Waals surface area contributed by atoms with Gasteiger partial charge >= 0.3 is 0 Å². The molecule has 0 saturated heterocycles. The quantitative estimate of drug-likeness (QED) is 0.824. The standard InChI is InChI=1S/C10H12N2OS/c1-6-3-9(14-7(6)2)10-12-8(4-11)5-13-10/h3,5H,4,11H2,1-2H3. The summed E-state index contributed by atoms with van der Waals surface area (Å²) in [6.07, 6.45) is 1.61. The molecule has 0 amide bonds. The Balaban J connectivity index is 2.39. The number of hydrogen-bond donors (Lipinski definition) is 1. The van der Waals surface area contributed by atoms with Crippen LogP contribution in [-0.4, -0.2) is 4.98 Å². The molecule has 0 aromatic carbocycles. The van der Waals surface area contributed by atoms with E-state index in [0.29, 0.717) is 12.4 Å². The molecule has 2 N–H and O–H groups in total. The molecule has 0 aliphatic rings. The summed E-state index contributed by atoms with van der Waals surface area (Å²) in [4.78, 5) is 6.64. The molecule has 2 aromatic rings. The van der Waals surface area contributed by atoms with E-state index in [-0.39, 0.29) is 0 Å². The van der Waals surface area contributed by atoms with Crippen molar-refractivity contribution in [3.05, 3.63) is 28.5 Å². The molecule has 0 unspecified atom stereocenters. The zero-order valence-electron chi connectivity index (χ0n) is 8.20. The number of nitrogens with two attached hydrogens (primary N) is 1. The van der Waals surface area contributed by atoms with E-state index in [0.717, 1.165) is 10.6 Å². The van der Waals surface area contributed by atoms with Crippen molar-refractivity contribution in [2.75, 3.05) is 0 Å². The first-order valence-corrected chi connectivity index (χ1v) is 5.24. The van der Waals surface area contributed by atoms with Crippen molar-refractivity contribution in [3.63, 3.8) is 0 Å². The molecule has 0 spiro atoms. The summed E-state index contributed by atoms with van der Waals surface area (Å²) in [6, 6.07) is 2.09. The molecule has 2 heterocycles. The van der Waals surface area contributed by atoms with Gasteiger partial charge in [-0.05, 0) is 25.5 Å². The van der Waals surface area contributed by atoms with Gasteiger partial charge in [0.05, 0.1) is 10.6 Å². The van der Waals surface area contributed by atoms with Gasteiger partial charge in [0.25, 0.3) is 0 Å². The molecule has 0 fully saturated rings. The minimum Gasteiger partial charge on any atom is -0.444 e. The van der Waals surface area contributed by atoms with E-state index >= 15 is 0 Å². The van der Waals surface area contributed by atoms with Crippen LogP contribution in [0.15, 0.2) is 16.7 Å².